The number of hydrogen-bond acceptors (Lipinski definition) is 2. The fourth-order valence-electron chi connectivity index (χ4n) is 0.757. The molecule has 0 amide bonds. The first-order chi connectivity index (χ1) is 5.75. The molecule has 1 atom stereocenters. The predicted octanol–water partition coefficient (Wildman–Crippen LogP) is 2.06. The number of pyridine rings is 1. The highest BCUT2D eigenvalue weighted by Crippen LogP contribution is 2.05. The summed E-state index contributed by atoms with van der Waals surface area (Å²) in [6, 6.07) is 5.11. The Labute approximate surface area is 75.9 Å². The summed E-state index contributed by atoms with van der Waals surface area (Å²) in [4.78, 5) is 15.2. The highest BCUT2D eigenvalue weighted by Gasteiger charge is 2.13. The highest BCUT2D eigenvalue weighted by molar-refractivity contribution is 6.34. The molecule has 12 heavy (non-hydrogen) atoms. The monoisotopic (exact) mass is 181 g/mol. The van der Waals surface area contributed by atoms with Crippen LogP contribution in [0.1, 0.15) is 10.5 Å². The van der Waals surface area contributed by atoms with E-state index in [1.165, 1.54) is 6.08 Å². The van der Waals surface area contributed by atoms with E-state index in [-0.39, 0.29) is 5.78 Å². The van der Waals surface area contributed by atoms with Gasteiger partial charge in [-0.1, -0.05) is 12.1 Å². The second kappa shape index (κ2) is 4.02. The molecule has 0 fully saturated rings. The van der Waals surface area contributed by atoms with Crippen LogP contribution in [0, 0.1) is 0 Å². The van der Waals surface area contributed by atoms with Gasteiger partial charge in [-0.15, -0.1) is 18.2 Å². The SMILES string of the molecule is C=CC(Cl)C(=O)c1ccccn1. The van der Waals surface area contributed by atoms with Gasteiger partial charge in [-0.25, -0.2) is 0 Å². The van der Waals surface area contributed by atoms with E-state index in [4.69, 9.17) is 11.6 Å². The lowest BCUT2D eigenvalue weighted by Gasteiger charge is -2.00. The molecule has 1 unspecified atom stereocenters. The van der Waals surface area contributed by atoms with Gasteiger partial charge in [0, 0.05) is 6.20 Å². The zero-order chi connectivity index (χ0) is 8.97. The number of aromatic nitrogens is 1. The van der Waals surface area contributed by atoms with Crippen LogP contribution in [0.3, 0.4) is 0 Å². The van der Waals surface area contributed by atoms with Crippen LogP contribution in [0.25, 0.3) is 0 Å². The van der Waals surface area contributed by atoms with E-state index in [0.29, 0.717) is 5.69 Å². The van der Waals surface area contributed by atoms with Gasteiger partial charge in [0.1, 0.15) is 11.1 Å². The molecule has 0 saturated carbocycles. The molecular formula is C9H8ClNO. The summed E-state index contributed by atoms with van der Waals surface area (Å²) in [5, 5.41) is -0.681. The van der Waals surface area contributed by atoms with Crippen LogP contribution in [-0.2, 0) is 0 Å². The number of alkyl halides is 1. The summed E-state index contributed by atoms with van der Waals surface area (Å²) < 4.78 is 0. The molecule has 0 aliphatic carbocycles. The van der Waals surface area contributed by atoms with E-state index < -0.39 is 5.38 Å². The molecule has 0 saturated heterocycles. The van der Waals surface area contributed by atoms with Gasteiger partial charge in [-0.2, -0.15) is 0 Å². The van der Waals surface area contributed by atoms with Gasteiger partial charge in [0.15, 0.2) is 0 Å². The average molecular weight is 182 g/mol. The van der Waals surface area contributed by atoms with E-state index >= 15 is 0 Å². The number of hydrogen-bond donors (Lipinski definition) is 0. The first kappa shape index (κ1) is 8.94. The van der Waals surface area contributed by atoms with Crippen molar-refractivity contribution in [3.05, 3.63) is 42.7 Å². The Balaban J connectivity index is 2.85. The lowest BCUT2D eigenvalue weighted by molar-refractivity contribution is 0.0994. The zero-order valence-electron chi connectivity index (χ0n) is 6.40. The molecule has 0 bridgehead atoms. The van der Waals surface area contributed by atoms with Gasteiger partial charge in [-0.3, -0.25) is 9.78 Å². The van der Waals surface area contributed by atoms with Crippen LogP contribution in [0.4, 0.5) is 0 Å². The van der Waals surface area contributed by atoms with Crippen molar-refractivity contribution in [2.75, 3.05) is 0 Å². The van der Waals surface area contributed by atoms with Crippen molar-refractivity contribution in [2.45, 2.75) is 5.38 Å². The molecule has 1 rings (SSSR count). The van der Waals surface area contributed by atoms with Gasteiger partial charge in [0.25, 0.3) is 0 Å². The van der Waals surface area contributed by atoms with Crippen LogP contribution < -0.4 is 0 Å². The van der Waals surface area contributed by atoms with Gasteiger partial charge < -0.3 is 0 Å². The second-order valence-corrected chi connectivity index (χ2v) is 2.69. The fraction of sp³-hybridized carbons (Fsp3) is 0.111. The Hall–Kier alpha value is -1.15. The van der Waals surface area contributed by atoms with Gasteiger partial charge in [0.05, 0.1) is 0 Å². The molecule has 1 aromatic rings. The number of halogens is 1. The second-order valence-electron chi connectivity index (χ2n) is 2.22. The molecule has 1 aromatic heterocycles. The van der Waals surface area contributed by atoms with Gasteiger partial charge >= 0.3 is 0 Å². The van der Waals surface area contributed by atoms with Crippen LogP contribution in [0.15, 0.2) is 37.1 Å². The number of rotatable bonds is 3. The normalized spacial score (nSPS) is 12.1. The largest absolute Gasteiger partial charge is 0.290 e. The van der Waals surface area contributed by atoms with Crippen LogP contribution in [0.2, 0.25) is 0 Å². The van der Waals surface area contributed by atoms with E-state index in [0.717, 1.165) is 0 Å². The van der Waals surface area contributed by atoms with E-state index in [1.54, 1.807) is 24.4 Å². The Morgan fingerprint density at radius 1 is 1.67 bits per heavy atom. The van der Waals surface area contributed by atoms with E-state index in [9.17, 15) is 4.79 Å². The molecule has 1 heterocycles. The summed E-state index contributed by atoms with van der Waals surface area (Å²) in [7, 11) is 0. The molecule has 0 spiro atoms. The maximum absolute atomic E-state index is 11.3. The minimum absolute atomic E-state index is 0.215. The zero-order valence-corrected chi connectivity index (χ0v) is 7.16. The molecule has 0 radical (unpaired) electrons. The smallest absolute Gasteiger partial charge is 0.202 e. The minimum atomic E-state index is -0.681. The Morgan fingerprint density at radius 2 is 2.42 bits per heavy atom. The van der Waals surface area contributed by atoms with Crippen molar-refractivity contribution in [2.24, 2.45) is 0 Å². The van der Waals surface area contributed by atoms with Crippen molar-refractivity contribution >= 4 is 17.4 Å². The topological polar surface area (TPSA) is 30.0 Å². The van der Waals surface area contributed by atoms with Gasteiger partial charge in [0.2, 0.25) is 5.78 Å². The number of carbonyl (C=O) groups is 1. The third-order valence-electron chi connectivity index (χ3n) is 1.37. The summed E-state index contributed by atoms with van der Waals surface area (Å²) in [6.07, 6.45) is 2.94. The lowest BCUT2D eigenvalue weighted by atomic mass is 10.2. The van der Waals surface area contributed by atoms with E-state index in [1.807, 2.05) is 0 Å². The molecular weight excluding hydrogens is 174 g/mol. The van der Waals surface area contributed by atoms with Crippen molar-refractivity contribution < 1.29 is 4.79 Å². The number of nitrogens with zero attached hydrogens (tertiary/aromatic N) is 1. The quantitative estimate of drug-likeness (QED) is 0.406. The number of allylic oxidation sites excluding steroid dienone is 1. The van der Waals surface area contributed by atoms with Crippen LogP contribution in [-0.4, -0.2) is 16.1 Å². The maximum Gasteiger partial charge on any atom is 0.202 e. The predicted molar refractivity (Wildman–Crippen MR) is 48.4 cm³/mol. The maximum atomic E-state index is 11.3. The third-order valence-corrected chi connectivity index (χ3v) is 1.75. The molecule has 0 aliphatic heterocycles. The molecule has 0 aliphatic rings. The molecule has 0 aromatic carbocycles. The number of Topliss-reactive ketones (excluding diaryl/α,β-unsaturated/α-hetero) is 1. The summed E-state index contributed by atoms with van der Waals surface area (Å²) in [5.41, 5.74) is 0.373. The number of carbonyl (C=O) groups excluding carboxylic acids is 1. The van der Waals surface area contributed by atoms with Crippen molar-refractivity contribution in [1.82, 2.24) is 4.98 Å². The molecule has 0 N–H and O–H groups in total. The summed E-state index contributed by atoms with van der Waals surface area (Å²) in [5.74, 6) is -0.215. The minimum Gasteiger partial charge on any atom is -0.290 e. The lowest BCUT2D eigenvalue weighted by Crippen LogP contribution is -2.12. The van der Waals surface area contributed by atoms with Crippen molar-refractivity contribution in [3.63, 3.8) is 0 Å². The Morgan fingerprint density at radius 3 is 2.92 bits per heavy atom. The van der Waals surface area contributed by atoms with Crippen LogP contribution >= 0.6 is 11.6 Å². The molecule has 62 valence electrons. The average Bonchev–Trinajstić information content (AvgIpc) is 2.17. The fourth-order valence-corrected chi connectivity index (χ4v) is 0.869. The Bertz CT molecular complexity index is 284. The standard InChI is InChI=1S/C9H8ClNO/c1-2-7(10)9(12)8-5-3-4-6-11-8/h2-7H,1H2. The molecule has 3 heteroatoms. The third kappa shape index (κ3) is 1.92. The number of ketones is 1. The van der Waals surface area contributed by atoms with Crippen molar-refractivity contribution in [1.29, 1.82) is 0 Å². The Kier molecular flexibility index (Phi) is 3.00. The van der Waals surface area contributed by atoms with Gasteiger partial charge in [-0.05, 0) is 12.1 Å². The first-order valence-electron chi connectivity index (χ1n) is 3.47. The summed E-state index contributed by atoms with van der Waals surface area (Å²) in [6.45, 7) is 3.43. The summed E-state index contributed by atoms with van der Waals surface area (Å²) >= 11 is 5.64. The molecule has 2 nitrogen and oxygen atoms in total. The first-order valence-corrected chi connectivity index (χ1v) is 3.91. The van der Waals surface area contributed by atoms with E-state index in [2.05, 4.69) is 11.6 Å². The van der Waals surface area contributed by atoms with Crippen molar-refractivity contribution in [3.8, 4) is 0 Å². The van der Waals surface area contributed by atoms with Crippen LogP contribution in [0.5, 0.6) is 0 Å². The highest BCUT2D eigenvalue weighted by atomic mass is 35.5.